The van der Waals surface area contributed by atoms with E-state index in [1.54, 1.807) is 0 Å². The first-order chi connectivity index (χ1) is 9.49. The summed E-state index contributed by atoms with van der Waals surface area (Å²) in [7, 11) is 0. The molecule has 0 N–H and O–H groups in total. The van der Waals surface area contributed by atoms with Gasteiger partial charge < -0.3 is 9.47 Å². The van der Waals surface area contributed by atoms with E-state index in [0.717, 1.165) is 29.9 Å². The third-order valence-corrected chi connectivity index (χ3v) is 3.64. The van der Waals surface area contributed by atoms with Crippen molar-refractivity contribution in [1.82, 2.24) is 0 Å². The molecule has 0 fully saturated rings. The molecule has 20 heavy (non-hydrogen) atoms. The maximum absolute atomic E-state index is 6.04. The SMILES string of the molecule is C=C1/C(OC2=CCCC=C2)=C\C=C/[C@H](C)OCC1(C)C. The number of allylic oxidation sites excluding steroid dienone is 6. The summed E-state index contributed by atoms with van der Waals surface area (Å²) in [6.07, 6.45) is 14.5. The average molecular weight is 272 g/mol. The molecule has 0 bridgehead atoms. The fourth-order valence-corrected chi connectivity index (χ4v) is 2.10. The molecular formula is C18H24O2. The standard InChI is InChI=1S/C18H24O2/c1-14-9-8-12-17(15(2)18(3,4)13-19-14)20-16-10-6-5-7-11-16/h6,8-12,14H,2,5,7,13H2,1,3-4H3/b9-8-,17-12+/t14-/m0/s1. The fraction of sp³-hybridized carbons (Fsp3) is 0.444. The van der Waals surface area contributed by atoms with Gasteiger partial charge in [-0.15, -0.1) is 0 Å². The first-order valence-electron chi connectivity index (χ1n) is 7.23. The van der Waals surface area contributed by atoms with Crippen molar-refractivity contribution in [2.24, 2.45) is 5.41 Å². The van der Waals surface area contributed by atoms with Crippen molar-refractivity contribution in [3.63, 3.8) is 0 Å². The molecule has 0 aromatic carbocycles. The lowest BCUT2D eigenvalue weighted by Crippen LogP contribution is -2.25. The second-order valence-electron chi connectivity index (χ2n) is 5.98. The summed E-state index contributed by atoms with van der Waals surface area (Å²) in [6, 6.07) is 0. The smallest absolute Gasteiger partial charge is 0.130 e. The van der Waals surface area contributed by atoms with E-state index in [9.17, 15) is 0 Å². The van der Waals surface area contributed by atoms with Crippen LogP contribution in [0.25, 0.3) is 0 Å². The van der Waals surface area contributed by atoms with Crippen molar-refractivity contribution in [1.29, 1.82) is 0 Å². The Bertz CT molecular complexity index is 490. The number of rotatable bonds is 2. The van der Waals surface area contributed by atoms with Crippen LogP contribution < -0.4 is 0 Å². The lowest BCUT2D eigenvalue weighted by molar-refractivity contribution is 0.0485. The zero-order chi connectivity index (χ0) is 14.6. The quantitative estimate of drug-likeness (QED) is 0.726. The van der Waals surface area contributed by atoms with E-state index in [-0.39, 0.29) is 11.5 Å². The van der Waals surface area contributed by atoms with Crippen molar-refractivity contribution in [2.45, 2.75) is 39.7 Å². The highest BCUT2D eigenvalue weighted by molar-refractivity contribution is 5.35. The van der Waals surface area contributed by atoms with Crippen LogP contribution in [0, 0.1) is 5.41 Å². The Labute approximate surface area is 122 Å². The Balaban J connectivity index is 2.23. The largest absolute Gasteiger partial charge is 0.457 e. The molecule has 1 aliphatic heterocycles. The molecule has 2 aliphatic rings. The van der Waals surface area contributed by atoms with Gasteiger partial charge >= 0.3 is 0 Å². The molecule has 0 spiro atoms. The van der Waals surface area contributed by atoms with Crippen LogP contribution in [0.15, 0.2) is 60.1 Å². The van der Waals surface area contributed by atoms with E-state index in [0.29, 0.717) is 6.61 Å². The summed E-state index contributed by atoms with van der Waals surface area (Å²) in [6.45, 7) is 11.2. The van der Waals surface area contributed by atoms with Crippen LogP contribution >= 0.6 is 0 Å². The lowest BCUT2D eigenvalue weighted by Gasteiger charge is -2.29. The summed E-state index contributed by atoms with van der Waals surface area (Å²) in [5.41, 5.74) is 0.821. The molecule has 0 saturated heterocycles. The second-order valence-corrected chi connectivity index (χ2v) is 5.98. The predicted octanol–water partition coefficient (Wildman–Crippen LogP) is 4.68. The van der Waals surface area contributed by atoms with Crippen LogP contribution in [0.5, 0.6) is 0 Å². The number of ether oxygens (including phenoxy) is 2. The van der Waals surface area contributed by atoms with E-state index in [4.69, 9.17) is 9.47 Å². The van der Waals surface area contributed by atoms with Crippen molar-refractivity contribution in [3.8, 4) is 0 Å². The Hall–Kier alpha value is -1.54. The van der Waals surface area contributed by atoms with Gasteiger partial charge in [-0.1, -0.05) is 38.7 Å². The van der Waals surface area contributed by atoms with Gasteiger partial charge in [0.25, 0.3) is 0 Å². The Morgan fingerprint density at radius 2 is 2.15 bits per heavy atom. The number of hydrogen-bond acceptors (Lipinski definition) is 2. The minimum atomic E-state index is -0.148. The number of hydrogen-bond donors (Lipinski definition) is 0. The van der Waals surface area contributed by atoms with Gasteiger partial charge in [-0.05, 0) is 43.6 Å². The van der Waals surface area contributed by atoms with Crippen LogP contribution in [0.2, 0.25) is 0 Å². The normalized spacial score (nSPS) is 30.4. The van der Waals surface area contributed by atoms with Crippen LogP contribution in [-0.4, -0.2) is 12.7 Å². The van der Waals surface area contributed by atoms with Crippen molar-refractivity contribution < 1.29 is 9.47 Å². The van der Waals surface area contributed by atoms with Crippen molar-refractivity contribution in [3.05, 3.63) is 60.1 Å². The van der Waals surface area contributed by atoms with Gasteiger partial charge in [-0.2, -0.15) is 0 Å². The van der Waals surface area contributed by atoms with Crippen molar-refractivity contribution in [2.75, 3.05) is 6.61 Å². The van der Waals surface area contributed by atoms with Gasteiger partial charge in [0.15, 0.2) is 0 Å². The summed E-state index contributed by atoms with van der Waals surface area (Å²) in [4.78, 5) is 0. The van der Waals surface area contributed by atoms with Gasteiger partial charge in [0.2, 0.25) is 0 Å². The highest BCUT2D eigenvalue weighted by Gasteiger charge is 2.27. The minimum absolute atomic E-state index is 0.103. The van der Waals surface area contributed by atoms with Crippen LogP contribution in [0.1, 0.15) is 33.6 Å². The summed E-state index contributed by atoms with van der Waals surface area (Å²) in [5.74, 6) is 1.72. The van der Waals surface area contributed by atoms with E-state index in [2.05, 4.69) is 32.6 Å². The van der Waals surface area contributed by atoms with Gasteiger partial charge in [0.1, 0.15) is 11.5 Å². The van der Waals surface area contributed by atoms with E-state index >= 15 is 0 Å². The molecule has 2 nitrogen and oxygen atoms in total. The molecule has 0 amide bonds. The predicted molar refractivity (Wildman–Crippen MR) is 83.1 cm³/mol. The maximum atomic E-state index is 6.04. The second kappa shape index (κ2) is 6.27. The van der Waals surface area contributed by atoms with Crippen molar-refractivity contribution >= 4 is 0 Å². The van der Waals surface area contributed by atoms with E-state index < -0.39 is 0 Å². The average Bonchev–Trinajstić information content (AvgIpc) is 2.47. The fourth-order valence-electron chi connectivity index (χ4n) is 2.10. The zero-order valence-corrected chi connectivity index (χ0v) is 12.7. The van der Waals surface area contributed by atoms with Crippen LogP contribution in [-0.2, 0) is 9.47 Å². The van der Waals surface area contributed by atoms with Crippen LogP contribution in [0.3, 0.4) is 0 Å². The summed E-state index contributed by atoms with van der Waals surface area (Å²) in [5, 5.41) is 0. The molecular weight excluding hydrogens is 248 g/mol. The molecule has 0 unspecified atom stereocenters. The Morgan fingerprint density at radius 1 is 1.35 bits per heavy atom. The molecule has 1 heterocycles. The topological polar surface area (TPSA) is 18.5 Å². The third kappa shape index (κ3) is 3.73. The molecule has 108 valence electrons. The first kappa shape index (κ1) is 14.9. The van der Waals surface area contributed by atoms with Gasteiger partial charge in [0, 0.05) is 5.41 Å². The molecule has 0 saturated carbocycles. The third-order valence-electron chi connectivity index (χ3n) is 3.64. The molecule has 0 radical (unpaired) electrons. The van der Waals surface area contributed by atoms with Crippen LogP contribution in [0.4, 0.5) is 0 Å². The highest BCUT2D eigenvalue weighted by atomic mass is 16.5. The Morgan fingerprint density at radius 3 is 2.85 bits per heavy atom. The molecule has 2 heteroatoms. The van der Waals surface area contributed by atoms with E-state index in [1.807, 2.05) is 31.2 Å². The van der Waals surface area contributed by atoms with Gasteiger partial charge in [0.05, 0.1) is 12.7 Å². The van der Waals surface area contributed by atoms with Gasteiger partial charge in [-0.3, -0.25) is 0 Å². The monoisotopic (exact) mass is 272 g/mol. The maximum Gasteiger partial charge on any atom is 0.130 e. The molecule has 1 aliphatic carbocycles. The lowest BCUT2D eigenvalue weighted by atomic mass is 9.84. The summed E-state index contributed by atoms with van der Waals surface area (Å²) < 4.78 is 11.9. The highest BCUT2D eigenvalue weighted by Crippen LogP contribution is 2.34. The molecule has 0 aromatic heterocycles. The first-order valence-corrected chi connectivity index (χ1v) is 7.23. The summed E-state index contributed by atoms with van der Waals surface area (Å²) >= 11 is 0. The Kier molecular flexibility index (Phi) is 4.66. The van der Waals surface area contributed by atoms with Gasteiger partial charge in [-0.25, -0.2) is 0 Å². The molecule has 0 aromatic rings. The molecule has 1 atom stereocenters. The minimum Gasteiger partial charge on any atom is -0.457 e. The zero-order valence-electron chi connectivity index (χ0n) is 12.7. The van der Waals surface area contributed by atoms with E-state index in [1.165, 1.54) is 0 Å². The molecule has 2 rings (SSSR count).